The molecule has 0 aliphatic heterocycles. The molecule has 124 valence electrons. The van der Waals surface area contributed by atoms with Crippen LogP contribution in [0.5, 0.6) is 5.75 Å². The van der Waals surface area contributed by atoms with Crippen LogP contribution in [-0.4, -0.2) is 31.6 Å². The van der Waals surface area contributed by atoms with Crippen LogP contribution in [-0.2, 0) is 14.3 Å². The zero-order chi connectivity index (χ0) is 16.5. The molecule has 0 saturated heterocycles. The van der Waals surface area contributed by atoms with E-state index in [1.54, 1.807) is 13.2 Å². The van der Waals surface area contributed by atoms with Crippen molar-refractivity contribution < 1.29 is 19.1 Å². The minimum absolute atomic E-state index is 0.227. The first kappa shape index (κ1) is 17.1. The Hall–Kier alpha value is -2.30. The Morgan fingerprint density at radius 3 is 2.52 bits per heavy atom. The van der Waals surface area contributed by atoms with E-state index in [-0.39, 0.29) is 18.6 Å². The highest BCUT2D eigenvalue weighted by atomic mass is 16.5. The van der Waals surface area contributed by atoms with Gasteiger partial charge in [0.2, 0.25) is 0 Å². The van der Waals surface area contributed by atoms with Crippen molar-refractivity contribution in [2.24, 2.45) is 0 Å². The fourth-order valence-electron chi connectivity index (χ4n) is 2.58. The van der Waals surface area contributed by atoms with E-state index in [0.29, 0.717) is 0 Å². The molecule has 0 heterocycles. The third kappa shape index (κ3) is 6.14. The van der Waals surface area contributed by atoms with Crippen LogP contribution in [0.25, 0.3) is 6.08 Å². The maximum atomic E-state index is 11.7. The van der Waals surface area contributed by atoms with Gasteiger partial charge >= 0.3 is 5.97 Å². The third-order valence-corrected chi connectivity index (χ3v) is 3.84. The van der Waals surface area contributed by atoms with Crippen molar-refractivity contribution in [2.45, 2.75) is 38.1 Å². The van der Waals surface area contributed by atoms with Gasteiger partial charge in [-0.15, -0.1) is 0 Å². The molecule has 2 rings (SSSR count). The van der Waals surface area contributed by atoms with Gasteiger partial charge in [0.25, 0.3) is 5.91 Å². The summed E-state index contributed by atoms with van der Waals surface area (Å²) >= 11 is 0. The van der Waals surface area contributed by atoms with Gasteiger partial charge in [-0.25, -0.2) is 4.79 Å². The molecule has 0 spiro atoms. The molecule has 1 aromatic rings. The second-order valence-corrected chi connectivity index (χ2v) is 5.62. The van der Waals surface area contributed by atoms with Crippen LogP contribution in [0.4, 0.5) is 0 Å². The van der Waals surface area contributed by atoms with Crippen LogP contribution >= 0.6 is 0 Å². The van der Waals surface area contributed by atoms with Gasteiger partial charge in [0, 0.05) is 12.1 Å². The Morgan fingerprint density at radius 1 is 1.17 bits per heavy atom. The quantitative estimate of drug-likeness (QED) is 0.647. The first-order valence-electron chi connectivity index (χ1n) is 7.95. The summed E-state index contributed by atoms with van der Waals surface area (Å²) in [5.74, 6) is -0.00757. The predicted molar refractivity (Wildman–Crippen MR) is 88.0 cm³/mol. The van der Waals surface area contributed by atoms with Crippen molar-refractivity contribution in [1.29, 1.82) is 0 Å². The number of amides is 1. The molecular formula is C18H23NO4. The first-order valence-corrected chi connectivity index (χ1v) is 7.95. The van der Waals surface area contributed by atoms with Crippen LogP contribution in [0.1, 0.15) is 37.7 Å². The summed E-state index contributed by atoms with van der Waals surface area (Å²) in [5.41, 5.74) is 0.856. The summed E-state index contributed by atoms with van der Waals surface area (Å²) in [4.78, 5) is 23.4. The van der Waals surface area contributed by atoms with Crippen LogP contribution in [0.3, 0.4) is 0 Å². The molecule has 5 heteroatoms. The van der Waals surface area contributed by atoms with Crippen LogP contribution in [0.2, 0.25) is 0 Å². The van der Waals surface area contributed by atoms with Gasteiger partial charge in [-0.05, 0) is 36.6 Å². The minimum Gasteiger partial charge on any atom is -0.497 e. The average molecular weight is 317 g/mol. The topological polar surface area (TPSA) is 64.6 Å². The monoisotopic (exact) mass is 317 g/mol. The highest BCUT2D eigenvalue weighted by Gasteiger charge is 2.16. The summed E-state index contributed by atoms with van der Waals surface area (Å²) in [6, 6.07) is 7.51. The van der Waals surface area contributed by atoms with Crippen molar-refractivity contribution in [3.05, 3.63) is 35.9 Å². The number of hydrogen-bond donors (Lipinski definition) is 1. The lowest BCUT2D eigenvalue weighted by Gasteiger charge is -2.22. The largest absolute Gasteiger partial charge is 0.497 e. The van der Waals surface area contributed by atoms with Crippen LogP contribution in [0.15, 0.2) is 30.3 Å². The lowest BCUT2D eigenvalue weighted by molar-refractivity contribution is -0.144. The van der Waals surface area contributed by atoms with E-state index < -0.39 is 5.97 Å². The number of benzene rings is 1. The Kier molecular flexibility index (Phi) is 6.66. The summed E-state index contributed by atoms with van der Waals surface area (Å²) in [6.45, 7) is -0.234. The maximum Gasteiger partial charge on any atom is 0.331 e. The molecule has 1 fully saturated rings. The van der Waals surface area contributed by atoms with Crippen molar-refractivity contribution >= 4 is 18.0 Å². The number of ether oxygens (including phenoxy) is 2. The zero-order valence-electron chi connectivity index (χ0n) is 13.4. The lowest BCUT2D eigenvalue weighted by Crippen LogP contribution is -2.38. The fourth-order valence-corrected chi connectivity index (χ4v) is 2.58. The summed E-state index contributed by atoms with van der Waals surface area (Å²) in [7, 11) is 1.60. The van der Waals surface area contributed by atoms with E-state index in [2.05, 4.69) is 5.32 Å². The molecule has 1 aliphatic carbocycles. The summed E-state index contributed by atoms with van der Waals surface area (Å²) in [6.07, 6.45) is 8.51. The van der Waals surface area contributed by atoms with Gasteiger partial charge < -0.3 is 14.8 Å². The average Bonchev–Trinajstić information content (AvgIpc) is 2.59. The number of hydrogen-bond acceptors (Lipinski definition) is 4. The van der Waals surface area contributed by atoms with Gasteiger partial charge in [-0.2, -0.15) is 0 Å². The fraction of sp³-hybridized carbons (Fsp3) is 0.444. The van der Waals surface area contributed by atoms with Gasteiger partial charge in [0.1, 0.15) is 5.75 Å². The maximum absolute atomic E-state index is 11.7. The Bertz CT molecular complexity index is 545. The van der Waals surface area contributed by atoms with E-state index in [0.717, 1.165) is 37.0 Å². The molecule has 0 bridgehead atoms. The lowest BCUT2D eigenvalue weighted by atomic mass is 9.95. The second kappa shape index (κ2) is 8.98. The van der Waals surface area contributed by atoms with Crippen LogP contribution < -0.4 is 10.1 Å². The number of nitrogens with one attached hydrogen (secondary N) is 1. The molecule has 0 radical (unpaired) electrons. The minimum atomic E-state index is -0.528. The van der Waals surface area contributed by atoms with E-state index >= 15 is 0 Å². The molecule has 1 saturated carbocycles. The van der Waals surface area contributed by atoms with Gasteiger partial charge in [0.05, 0.1) is 7.11 Å². The molecule has 0 unspecified atom stereocenters. The molecule has 23 heavy (non-hydrogen) atoms. The smallest absolute Gasteiger partial charge is 0.331 e. The first-order chi connectivity index (χ1) is 11.2. The second-order valence-electron chi connectivity index (χ2n) is 5.62. The van der Waals surface area contributed by atoms with E-state index in [1.165, 1.54) is 12.5 Å². The van der Waals surface area contributed by atoms with Crippen molar-refractivity contribution in [1.82, 2.24) is 5.32 Å². The zero-order valence-corrected chi connectivity index (χ0v) is 13.4. The highest BCUT2D eigenvalue weighted by Crippen LogP contribution is 2.17. The Balaban J connectivity index is 1.71. The number of esters is 1. The SMILES string of the molecule is COc1ccc(C=CC(=O)OCC(=O)NC2CCCCC2)cc1. The normalized spacial score (nSPS) is 15.3. The Morgan fingerprint density at radius 2 is 1.87 bits per heavy atom. The summed E-state index contributed by atoms with van der Waals surface area (Å²) < 4.78 is 10.0. The number of rotatable bonds is 6. The van der Waals surface area contributed by atoms with E-state index in [4.69, 9.17) is 9.47 Å². The summed E-state index contributed by atoms with van der Waals surface area (Å²) in [5, 5.41) is 2.91. The highest BCUT2D eigenvalue weighted by molar-refractivity contribution is 5.89. The predicted octanol–water partition coefficient (Wildman–Crippen LogP) is 2.70. The van der Waals surface area contributed by atoms with Gasteiger partial charge in [-0.3, -0.25) is 4.79 Å². The standard InChI is InChI=1S/C18H23NO4/c1-22-16-10-7-14(8-11-16)9-12-18(21)23-13-17(20)19-15-5-3-2-4-6-15/h7-12,15H,2-6,13H2,1H3,(H,19,20). The van der Waals surface area contributed by atoms with E-state index in [9.17, 15) is 9.59 Å². The molecule has 1 amide bonds. The number of carbonyl (C=O) groups excluding carboxylic acids is 2. The van der Waals surface area contributed by atoms with Crippen molar-refractivity contribution in [3.8, 4) is 5.75 Å². The van der Waals surface area contributed by atoms with Crippen molar-refractivity contribution in [3.63, 3.8) is 0 Å². The van der Waals surface area contributed by atoms with Crippen molar-refractivity contribution in [2.75, 3.05) is 13.7 Å². The molecule has 0 aromatic heterocycles. The van der Waals surface area contributed by atoms with Gasteiger partial charge in [0.15, 0.2) is 6.61 Å². The molecule has 1 N–H and O–H groups in total. The number of carbonyl (C=O) groups is 2. The number of methoxy groups -OCH3 is 1. The molecular weight excluding hydrogens is 294 g/mol. The third-order valence-electron chi connectivity index (χ3n) is 3.84. The molecule has 5 nitrogen and oxygen atoms in total. The molecule has 1 aliphatic rings. The Labute approximate surface area is 136 Å². The molecule has 0 atom stereocenters. The van der Waals surface area contributed by atoms with E-state index in [1.807, 2.05) is 24.3 Å². The molecule has 1 aromatic carbocycles. The van der Waals surface area contributed by atoms with Gasteiger partial charge in [-0.1, -0.05) is 31.4 Å². The van der Waals surface area contributed by atoms with Crippen LogP contribution in [0, 0.1) is 0 Å².